The molecule has 114 valence electrons. The molecule has 9 heteroatoms. The quantitative estimate of drug-likeness (QED) is 0.752. The Kier molecular flexibility index (Phi) is 4.33. The molecule has 0 fully saturated rings. The number of carboxylic acids is 1. The van der Waals surface area contributed by atoms with Crippen molar-refractivity contribution in [3.05, 3.63) is 27.6 Å². The minimum Gasteiger partial charge on any atom is -0.477 e. The van der Waals surface area contributed by atoms with Crippen LogP contribution in [0.15, 0.2) is 16.3 Å². The number of anilines is 1. The maximum atomic E-state index is 12.4. The van der Waals surface area contributed by atoms with Gasteiger partial charge in [0.1, 0.15) is 9.77 Å². The normalized spacial score (nSPS) is 11.5. The van der Waals surface area contributed by atoms with E-state index in [-0.39, 0.29) is 15.6 Å². The molecule has 0 aromatic carbocycles. The molecule has 0 radical (unpaired) electrons. The molecule has 2 rings (SSSR count). The van der Waals surface area contributed by atoms with Crippen LogP contribution in [-0.4, -0.2) is 29.7 Å². The molecule has 0 aliphatic heterocycles. The minimum absolute atomic E-state index is 0.153. The van der Waals surface area contributed by atoms with Crippen molar-refractivity contribution in [2.75, 3.05) is 4.72 Å². The lowest BCUT2D eigenvalue weighted by atomic mass is 10.2. The first-order valence-electron chi connectivity index (χ1n) is 6.23. The zero-order valence-corrected chi connectivity index (χ0v) is 13.1. The van der Waals surface area contributed by atoms with Crippen LogP contribution >= 0.6 is 11.3 Å². The van der Waals surface area contributed by atoms with Crippen LogP contribution in [0.2, 0.25) is 0 Å². The second kappa shape index (κ2) is 5.86. The van der Waals surface area contributed by atoms with Gasteiger partial charge in [0.25, 0.3) is 10.0 Å². The van der Waals surface area contributed by atoms with Crippen molar-refractivity contribution >= 4 is 33.1 Å². The van der Waals surface area contributed by atoms with Crippen LogP contribution in [-0.2, 0) is 16.4 Å². The predicted molar refractivity (Wildman–Crippen MR) is 79.4 cm³/mol. The average Bonchev–Trinajstić information content (AvgIpc) is 2.96. The molecule has 0 aliphatic carbocycles. The third-order valence-electron chi connectivity index (χ3n) is 2.77. The van der Waals surface area contributed by atoms with E-state index in [4.69, 9.17) is 5.11 Å². The first-order valence-corrected chi connectivity index (χ1v) is 8.60. The van der Waals surface area contributed by atoms with Crippen molar-refractivity contribution in [2.24, 2.45) is 0 Å². The lowest BCUT2D eigenvalue weighted by Gasteiger charge is -2.06. The first kappa shape index (κ1) is 15.5. The molecule has 0 atom stereocenters. The van der Waals surface area contributed by atoms with Crippen LogP contribution in [0.1, 0.15) is 34.3 Å². The lowest BCUT2D eigenvalue weighted by Crippen LogP contribution is -2.16. The van der Waals surface area contributed by atoms with E-state index in [9.17, 15) is 13.2 Å². The maximum absolute atomic E-state index is 12.4. The highest BCUT2D eigenvalue weighted by Crippen LogP contribution is 2.28. The summed E-state index contributed by atoms with van der Waals surface area (Å²) in [5, 5.41) is 17.2. The van der Waals surface area contributed by atoms with Gasteiger partial charge in [0.15, 0.2) is 5.82 Å². The van der Waals surface area contributed by atoms with Crippen LogP contribution in [0.4, 0.5) is 5.82 Å². The van der Waals surface area contributed by atoms with E-state index < -0.39 is 16.0 Å². The summed E-state index contributed by atoms with van der Waals surface area (Å²) in [7, 11) is -3.98. The zero-order chi connectivity index (χ0) is 15.6. The number of rotatable bonds is 6. The van der Waals surface area contributed by atoms with Gasteiger partial charge in [0.05, 0.1) is 0 Å². The molecule has 0 aliphatic rings. The first-order chi connectivity index (χ1) is 9.85. The minimum atomic E-state index is -3.98. The van der Waals surface area contributed by atoms with E-state index in [1.54, 1.807) is 13.0 Å². The summed E-state index contributed by atoms with van der Waals surface area (Å²) in [5.41, 5.74) is 1.21. The van der Waals surface area contributed by atoms with Gasteiger partial charge in [-0.3, -0.25) is 9.82 Å². The number of aromatic nitrogens is 2. The molecule has 2 heterocycles. The number of sulfonamides is 1. The number of H-pyrrole nitrogens is 1. The van der Waals surface area contributed by atoms with Crippen LogP contribution in [0.5, 0.6) is 0 Å². The van der Waals surface area contributed by atoms with Crippen LogP contribution in [0.25, 0.3) is 0 Å². The smallest absolute Gasteiger partial charge is 0.347 e. The Hall–Kier alpha value is -1.87. The number of nitrogens with one attached hydrogen (secondary N) is 2. The topological polar surface area (TPSA) is 112 Å². The zero-order valence-electron chi connectivity index (χ0n) is 11.5. The van der Waals surface area contributed by atoms with Gasteiger partial charge >= 0.3 is 5.97 Å². The van der Waals surface area contributed by atoms with Crippen LogP contribution in [0, 0.1) is 6.92 Å². The number of carboxylic acid groups (broad SMARTS) is 1. The van der Waals surface area contributed by atoms with Crippen molar-refractivity contribution < 1.29 is 18.3 Å². The fraction of sp³-hybridized carbons (Fsp3) is 0.333. The van der Waals surface area contributed by atoms with E-state index in [1.807, 2.05) is 6.92 Å². The predicted octanol–water partition coefficient (Wildman–Crippen LogP) is 2.23. The maximum Gasteiger partial charge on any atom is 0.347 e. The molecule has 0 saturated carbocycles. The number of nitrogens with zero attached hydrogens (tertiary/aromatic N) is 1. The summed E-state index contributed by atoms with van der Waals surface area (Å²) in [6.45, 7) is 3.56. The largest absolute Gasteiger partial charge is 0.477 e. The highest BCUT2D eigenvalue weighted by Gasteiger charge is 2.27. The molecule has 2 aromatic heterocycles. The Morgan fingerprint density at radius 1 is 1.52 bits per heavy atom. The summed E-state index contributed by atoms with van der Waals surface area (Å²) in [6.07, 6.45) is 1.66. The molecule has 0 bridgehead atoms. The summed E-state index contributed by atoms with van der Waals surface area (Å²) in [6, 6.07) is 1.60. The number of hydrogen-bond acceptors (Lipinski definition) is 5. The van der Waals surface area contributed by atoms with Crippen LogP contribution in [0.3, 0.4) is 0 Å². The van der Waals surface area contributed by atoms with Gasteiger partial charge in [-0.25, -0.2) is 13.2 Å². The summed E-state index contributed by atoms with van der Waals surface area (Å²) >= 11 is 0.888. The Morgan fingerprint density at radius 2 is 2.24 bits per heavy atom. The Labute approximate surface area is 126 Å². The van der Waals surface area contributed by atoms with Gasteiger partial charge in [-0.05, 0) is 24.3 Å². The van der Waals surface area contributed by atoms with Gasteiger partial charge in [-0.15, -0.1) is 11.3 Å². The number of thiophene rings is 1. The van der Waals surface area contributed by atoms with Gasteiger partial charge in [-0.1, -0.05) is 13.3 Å². The number of aromatic amines is 1. The Balaban J connectivity index is 2.34. The van der Waals surface area contributed by atoms with E-state index >= 15 is 0 Å². The monoisotopic (exact) mass is 329 g/mol. The van der Waals surface area contributed by atoms with Gasteiger partial charge in [0, 0.05) is 11.8 Å². The van der Waals surface area contributed by atoms with Crippen molar-refractivity contribution in [1.82, 2.24) is 10.2 Å². The van der Waals surface area contributed by atoms with Crippen molar-refractivity contribution in [2.45, 2.75) is 31.6 Å². The third kappa shape index (κ3) is 3.24. The highest BCUT2D eigenvalue weighted by molar-refractivity contribution is 7.93. The van der Waals surface area contributed by atoms with E-state index in [0.29, 0.717) is 5.56 Å². The van der Waals surface area contributed by atoms with E-state index in [0.717, 1.165) is 29.9 Å². The third-order valence-corrected chi connectivity index (χ3v) is 5.53. The highest BCUT2D eigenvalue weighted by atomic mass is 32.2. The number of carbonyl (C=O) groups is 1. The van der Waals surface area contributed by atoms with Crippen molar-refractivity contribution in [3.63, 3.8) is 0 Å². The van der Waals surface area contributed by atoms with Gasteiger partial charge in [0.2, 0.25) is 0 Å². The molecule has 7 nitrogen and oxygen atoms in total. The number of hydrogen-bond donors (Lipinski definition) is 3. The molecular weight excluding hydrogens is 314 g/mol. The van der Waals surface area contributed by atoms with Crippen molar-refractivity contribution in [3.8, 4) is 0 Å². The molecule has 0 spiro atoms. The Bertz CT molecular complexity index is 761. The van der Waals surface area contributed by atoms with E-state index in [1.165, 1.54) is 5.38 Å². The fourth-order valence-corrected chi connectivity index (χ4v) is 4.54. The summed E-state index contributed by atoms with van der Waals surface area (Å²) in [4.78, 5) is 10.7. The Morgan fingerprint density at radius 3 is 2.86 bits per heavy atom. The summed E-state index contributed by atoms with van der Waals surface area (Å²) < 4.78 is 27.0. The number of aryl methyl sites for hydroxylation is 2. The lowest BCUT2D eigenvalue weighted by molar-refractivity contribution is 0.0698. The van der Waals surface area contributed by atoms with Crippen molar-refractivity contribution in [1.29, 1.82) is 0 Å². The molecule has 3 N–H and O–H groups in total. The molecule has 2 aromatic rings. The SMILES string of the molecule is CCCc1cc(NS(=O)(=O)c2c(C)csc2C(=O)O)n[nH]1. The fourth-order valence-electron chi connectivity index (χ4n) is 1.91. The average molecular weight is 329 g/mol. The second-order valence-electron chi connectivity index (χ2n) is 4.52. The molecule has 0 saturated heterocycles. The standard InChI is InChI=1S/C12H15N3O4S2/c1-3-4-8-5-9(14-13-8)15-21(18,19)11-7(2)6-20-10(11)12(16)17/h5-6H,3-4H2,1-2H3,(H,16,17)(H2,13,14,15). The molecule has 0 amide bonds. The van der Waals surface area contributed by atoms with Gasteiger partial charge < -0.3 is 5.11 Å². The van der Waals surface area contributed by atoms with E-state index in [2.05, 4.69) is 14.9 Å². The molecular formula is C12H15N3O4S2. The summed E-state index contributed by atoms with van der Waals surface area (Å²) in [5.74, 6) is -1.11. The molecule has 0 unspecified atom stereocenters. The second-order valence-corrected chi connectivity index (χ2v) is 7.01. The van der Waals surface area contributed by atoms with Crippen LogP contribution < -0.4 is 4.72 Å². The molecule has 21 heavy (non-hydrogen) atoms. The number of aromatic carboxylic acids is 1. The van der Waals surface area contributed by atoms with Gasteiger partial charge in [-0.2, -0.15) is 5.10 Å².